The molecule has 1 saturated carbocycles. The Labute approximate surface area is 166 Å². The lowest BCUT2D eigenvalue weighted by Gasteiger charge is -2.27. The van der Waals surface area contributed by atoms with E-state index in [1.807, 2.05) is 6.07 Å². The maximum Gasteiger partial charge on any atom is 0.270 e. The van der Waals surface area contributed by atoms with Gasteiger partial charge in [0.05, 0.1) is 0 Å². The van der Waals surface area contributed by atoms with Crippen LogP contribution in [-0.2, 0) is 19.3 Å². The van der Waals surface area contributed by atoms with Crippen LogP contribution in [-0.4, -0.2) is 35.5 Å². The quantitative estimate of drug-likeness (QED) is 0.889. The van der Waals surface area contributed by atoms with E-state index in [9.17, 15) is 4.79 Å². The van der Waals surface area contributed by atoms with Crippen LogP contribution < -0.4 is 10.2 Å². The summed E-state index contributed by atoms with van der Waals surface area (Å²) in [5, 5.41) is 2.96. The van der Waals surface area contributed by atoms with Gasteiger partial charge in [-0.25, -0.2) is 9.97 Å². The molecule has 3 aliphatic rings. The van der Waals surface area contributed by atoms with E-state index in [0.29, 0.717) is 17.7 Å². The van der Waals surface area contributed by atoms with Gasteiger partial charge in [-0.15, -0.1) is 0 Å². The third kappa shape index (κ3) is 3.27. The van der Waals surface area contributed by atoms with Crippen LogP contribution in [0.3, 0.4) is 0 Å². The van der Waals surface area contributed by atoms with Crippen LogP contribution in [0.5, 0.6) is 0 Å². The van der Waals surface area contributed by atoms with Crippen molar-refractivity contribution in [2.24, 2.45) is 5.41 Å². The molecular formula is C23H28N4O. The monoisotopic (exact) mass is 376 g/mol. The van der Waals surface area contributed by atoms with E-state index in [1.165, 1.54) is 37.7 Å². The third-order valence-corrected chi connectivity index (χ3v) is 6.79. The molecule has 28 heavy (non-hydrogen) atoms. The molecule has 1 aromatic carbocycles. The fraction of sp³-hybridized carbons (Fsp3) is 0.522. The van der Waals surface area contributed by atoms with Crippen molar-refractivity contribution in [3.8, 4) is 0 Å². The average molecular weight is 377 g/mol. The number of rotatable bonds is 4. The van der Waals surface area contributed by atoms with Gasteiger partial charge < -0.3 is 10.2 Å². The molecule has 2 aliphatic heterocycles. The van der Waals surface area contributed by atoms with Crippen LogP contribution >= 0.6 is 0 Å². The minimum absolute atomic E-state index is 0.0411. The smallest absolute Gasteiger partial charge is 0.270 e. The van der Waals surface area contributed by atoms with Crippen molar-refractivity contribution in [2.75, 3.05) is 24.5 Å². The number of carbonyl (C=O) groups excluding carboxylic acids is 1. The van der Waals surface area contributed by atoms with Gasteiger partial charge in [-0.2, -0.15) is 0 Å². The maximum absolute atomic E-state index is 12.5. The lowest BCUT2D eigenvalue weighted by molar-refractivity contribution is 0.0940. The highest BCUT2D eigenvalue weighted by Gasteiger charge is 2.41. The first-order chi connectivity index (χ1) is 13.7. The van der Waals surface area contributed by atoms with Crippen molar-refractivity contribution in [1.29, 1.82) is 0 Å². The number of amides is 1. The molecule has 3 heterocycles. The Kier molecular flexibility index (Phi) is 4.53. The van der Waals surface area contributed by atoms with E-state index in [1.54, 1.807) is 0 Å². The van der Waals surface area contributed by atoms with Crippen molar-refractivity contribution in [2.45, 2.75) is 51.4 Å². The first kappa shape index (κ1) is 17.7. The molecule has 1 saturated heterocycles. The van der Waals surface area contributed by atoms with Gasteiger partial charge in [-0.05, 0) is 43.1 Å². The van der Waals surface area contributed by atoms with Crippen molar-refractivity contribution in [3.05, 3.63) is 53.0 Å². The van der Waals surface area contributed by atoms with Gasteiger partial charge in [0, 0.05) is 31.6 Å². The molecule has 1 amide bonds. The van der Waals surface area contributed by atoms with Crippen molar-refractivity contribution >= 4 is 11.7 Å². The Balaban J connectivity index is 1.45. The van der Waals surface area contributed by atoms with Crippen LogP contribution in [0.15, 0.2) is 30.3 Å². The molecule has 0 radical (unpaired) electrons. The molecule has 0 atom stereocenters. The SMILES string of the molecule is O=C1NCCc2c1nc(CCc1ccccc1)nc2N1CCC2(CCCC2)C1. The molecule has 146 valence electrons. The molecule has 1 aromatic heterocycles. The third-order valence-electron chi connectivity index (χ3n) is 6.79. The molecule has 1 spiro atoms. The number of carbonyl (C=O) groups is 1. The lowest BCUT2D eigenvalue weighted by Crippen LogP contribution is -2.36. The highest BCUT2D eigenvalue weighted by molar-refractivity contribution is 5.96. The summed E-state index contributed by atoms with van der Waals surface area (Å²) in [6, 6.07) is 10.4. The number of nitrogens with one attached hydrogen (secondary N) is 1. The summed E-state index contributed by atoms with van der Waals surface area (Å²) in [6.07, 6.45) is 9.16. The zero-order valence-electron chi connectivity index (χ0n) is 16.4. The largest absolute Gasteiger partial charge is 0.356 e. The highest BCUT2D eigenvalue weighted by atomic mass is 16.1. The predicted octanol–water partition coefficient (Wildman–Crippen LogP) is 3.32. The second-order valence-electron chi connectivity index (χ2n) is 8.66. The number of nitrogens with zero attached hydrogens (tertiary/aromatic N) is 3. The molecule has 5 nitrogen and oxygen atoms in total. The van der Waals surface area contributed by atoms with Crippen LogP contribution in [0.25, 0.3) is 0 Å². The van der Waals surface area contributed by atoms with Crippen LogP contribution in [0, 0.1) is 5.41 Å². The van der Waals surface area contributed by atoms with Gasteiger partial charge in [0.2, 0.25) is 0 Å². The zero-order valence-corrected chi connectivity index (χ0v) is 16.4. The van der Waals surface area contributed by atoms with Gasteiger partial charge in [-0.1, -0.05) is 43.2 Å². The molecule has 5 heteroatoms. The molecule has 1 N–H and O–H groups in total. The molecule has 0 bridgehead atoms. The first-order valence-electron chi connectivity index (χ1n) is 10.7. The highest BCUT2D eigenvalue weighted by Crippen LogP contribution is 2.46. The van der Waals surface area contributed by atoms with Crippen molar-refractivity contribution < 1.29 is 4.79 Å². The summed E-state index contributed by atoms with van der Waals surface area (Å²) in [4.78, 5) is 24.7. The Morgan fingerprint density at radius 3 is 2.68 bits per heavy atom. The molecule has 1 aliphatic carbocycles. The van der Waals surface area contributed by atoms with Crippen LogP contribution in [0.1, 0.15) is 59.5 Å². The van der Waals surface area contributed by atoms with E-state index in [-0.39, 0.29) is 5.91 Å². The number of aromatic nitrogens is 2. The van der Waals surface area contributed by atoms with E-state index in [2.05, 4.69) is 39.5 Å². The molecular weight excluding hydrogens is 348 g/mol. The van der Waals surface area contributed by atoms with E-state index in [4.69, 9.17) is 4.98 Å². The summed E-state index contributed by atoms with van der Waals surface area (Å²) in [7, 11) is 0. The Morgan fingerprint density at radius 2 is 1.86 bits per heavy atom. The second-order valence-corrected chi connectivity index (χ2v) is 8.66. The molecule has 2 fully saturated rings. The Morgan fingerprint density at radius 1 is 1.04 bits per heavy atom. The van der Waals surface area contributed by atoms with Crippen LogP contribution in [0.2, 0.25) is 0 Å². The number of hydrogen-bond donors (Lipinski definition) is 1. The topological polar surface area (TPSA) is 58.1 Å². The van der Waals surface area contributed by atoms with E-state index in [0.717, 1.165) is 49.6 Å². The fourth-order valence-corrected chi connectivity index (χ4v) is 5.24. The number of aryl methyl sites for hydroxylation is 2. The van der Waals surface area contributed by atoms with E-state index < -0.39 is 0 Å². The maximum atomic E-state index is 12.5. The second kappa shape index (κ2) is 7.19. The number of fused-ring (bicyclic) bond motifs is 1. The van der Waals surface area contributed by atoms with Gasteiger partial charge in [0.25, 0.3) is 5.91 Å². The summed E-state index contributed by atoms with van der Waals surface area (Å²) >= 11 is 0. The molecule has 0 unspecified atom stereocenters. The Hall–Kier alpha value is -2.43. The van der Waals surface area contributed by atoms with Gasteiger partial charge in [-0.3, -0.25) is 4.79 Å². The summed E-state index contributed by atoms with van der Waals surface area (Å²) in [6.45, 7) is 2.84. The zero-order chi connectivity index (χ0) is 19.0. The molecule has 2 aromatic rings. The van der Waals surface area contributed by atoms with Gasteiger partial charge in [0.15, 0.2) is 0 Å². The summed E-state index contributed by atoms with van der Waals surface area (Å²) < 4.78 is 0. The predicted molar refractivity (Wildman–Crippen MR) is 110 cm³/mol. The average Bonchev–Trinajstić information content (AvgIpc) is 3.37. The Bertz CT molecular complexity index is 874. The number of hydrogen-bond acceptors (Lipinski definition) is 4. The minimum atomic E-state index is -0.0411. The molecule has 5 rings (SSSR count). The minimum Gasteiger partial charge on any atom is -0.356 e. The van der Waals surface area contributed by atoms with Gasteiger partial charge >= 0.3 is 0 Å². The van der Waals surface area contributed by atoms with Crippen molar-refractivity contribution in [3.63, 3.8) is 0 Å². The van der Waals surface area contributed by atoms with Crippen LogP contribution in [0.4, 0.5) is 5.82 Å². The normalized spacial score (nSPS) is 20.4. The standard InChI is InChI=1S/C23H28N4O/c28-22-20-18(10-14-24-22)21(27-15-13-23(16-27)11-4-5-12-23)26-19(25-20)9-8-17-6-2-1-3-7-17/h1-3,6-7H,4-5,8-16H2,(H,24,28). The number of anilines is 1. The number of benzene rings is 1. The summed E-state index contributed by atoms with van der Waals surface area (Å²) in [5.74, 6) is 1.79. The summed E-state index contributed by atoms with van der Waals surface area (Å²) in [5.41, 5.74) is 3.42. The lowest BCUT2D eigenvalue weighted by atomic mass is 9.86. The van der Waals surface area contributed by atoms with Crippen molar-refractivity contribution in [1.82, 2.24) is 15.3 Å². The first-order valence-corrected chi connectivity index (χ1v) is 10.7. The fourth-order valence-electron chi connectivity index (χ4n) is 5.24. The van der Waals surface area contributed by atoms with Gasteiger partial charge in [0.1, 0.15) is 17.3 Å². The van der Waals surface area contributed by atoms with E-state index >= 15 is 0 Å².